The minimum atomic E-state index is 0.354. The summed E-state index contributed by atoms with van der Waals surface area (Å²) >= 11 is 6.01. The van der Waals surface area contributed by atoms with E-state index in [1.54, 1.807) is 0 Å². The van der Waals surface area contributed by atoms with Gasteiger partial charge in [0.15, 0.2) is 0 Å². The maximum absolute atomic E-state index is 6.01. The maximum atomic E-state index is 6.01. The predicted molar refractivity (Wildman–Crippen MR) is 89.6 cm³/mol. The van der Waals surface area contributed by atoms with Crippen LogP contribution < -0.4 is 5.32 Å². The lowest BCUT2D eigenvalue weighted by Gasteiger charge is -2.24. The van der Waals surface area contributed by atoms with Gasteiger partial charge in [-0.15, -0.1) is 0 Å². The highest BCUT2D eigenvalue weighted by atomic mass is 35.5. The van der Waals surface area contributed by atoms with E-state index in [2.05, 4.69) is 55.6 Å². The second kappa shape index (κ2) is 6.21. The lowest BCUT2D eigenvalue weighted by Crippen LogP contribution is -2.26. The highest BCUT2D eigenvalue weighted by molar-refractivity contribution is 6.30. The molecule has 1 N–H and O–H groups in total. The van der Waals surface area contributed by atoms with E-state index in [0.29, 0.717) is 12.1 Å². The van der Waals surface area contributed by atoms with Crippen LogP contribution in [-0.4, -0.2) is 0 Å². The van der Waals surface area contributed by atoms with Crippen molar-refractivity contribution < 1.29 is 0 Å². The average Bonchev–Trinajstić information content (AvgIpc) is 3.31. The topological polar surface area (TPSA) is 12.0 Å². The summed E-state index contributed by atoms with van der Waals surface area (Å²) < 4.78 is 0. The van der Waals surface area contributed by atoms with Gasteiger partial charge in [-0.05, 0) is 55.9 Å². The van der Waals surface area contributed by atoms with Crippen LogP contribution in [0.3, 0.4) is 0 Å². The molecule has 1 saturated carbocycles. The molecular weight excluding hydrogens is 278 g/mol. The quantitative estimate of drug-likeness (QED) is 0.774. The Morgan fingerprint density at radius 1 is 0.952 bits per heavy atom. The molecular formula is C19H22ClN. The molecule has 1 aliphatic carbocycles. The van der Waals surface area contributed by atoms with Gasteiger partial charge in [-0.3, -0.25) is 0 Å². The third kappa shape index (κ3) is 3.66. The zero-order valence-electron chi connectivity index (χ0n) is 12.6. The minimum Gasteiger partial charge on any atom is -0.303 e. The lowest BCUT2D eigenvalue weighted by molar-refractivity contribution is 0.427. The van der Waals surface area contributed by atoms with Crippen molar-refractivity contribution in [3.05, 3.63) is 70.2 Å². The highest BCUT2D eigenvalue weighted by Crippen LogP contribution is 2.42. The van der Waals surface area contributed by atoms with Gasteiger partial charge in [-0.25, -0.2) is 0 Å². The normalized spacial score (nSPS) is 17.5. The first-order valence-corrected chi connectivity index (χ1v) is 8.09. The van der Waals surface area contributed by atoms with Crippen LogP contribution in [0.5, 0.6) is 0 Å². The highest BCUT2D eigenvalue weighted by Gasteiger charge is 2.33. The second-order valence-corrected chi connectivity index (χ2v) is 6.60. The number of aryl methyl sites for hydroxylation is 1. The van der Waals surface area contributed by atoms with E-state index < -0.39 is 0 Å². The lowest BCUT2D eigenvalue weighted by atomic mass is 9.99. The van der Waals surface area contributed by atoms with Crippen molar-refractivity contribution in [3.63, 3.8) is 0 Å². The van der Waals surface area contributed by atoms with Crippen LogP contribution in [-0.2, 0) is 0 Å². The van der Waals surface area contributed by atoms with Crippen molar-refractivity contribution in [1.82, 2.24) is 5.32 Å². The minimum absolute atomic E-state index is 0.354. The molecule has 0 amide bonds. The van der Waals surface area contributed by atoms with Crippen molar-refractivity contribution in [2.45, 2.75) is 38.8 Å². The van der Waals surface area contributed by atoms with Crippen molar-refractivity contribution in [2.24, 2.45) is 5.92 Å². The number of hydrogen-bond acceptors (Lipinski definition) is 1. The van der Waals surface area contributed by atoms with E-state index in [9.17, 15) is 0 Å². The molecule has 0 aromatic heterocycles. The Balaban J connectivity index is 1.76. The molecule has 21 heavy (non-hydrogen) atoms. The van der Waals surface area contributed by atoms with Crippen LogP contribution in [0.15, 0.2) is 48.5 Å². The summed E-state index contributed by atoms with van der Waals surface area (Å²) in [5, 5.41) is 4.61. The number of benzene rings is 2. The van der Waals surface area contributed by atoms with E-state index in [-0.39, 0.29) is 0 Å². The van der Waals surface area contributed by atoms with Crippen molar-refractivity contribution in [1.29, 1.82) is 0 Å². The first-order chi connectivity index (χ1) is 10.1. The molecule has 2 atom stereocenters. The number of hydrogen-bond donors (Lipinski definition) is 1. The predicted octanol–water partition coefficient (Wildman–Crippen LogP) is 5.45. The van der Waals surface area contributed by atoms with Gasteiger partial charge in [0.25, 0.3) is 0 Å². The van der Waals surface area contributed by atoms with Gasteiger partial charge in [0.2, 0.25) is 0 Å². The molecule has 2 aromatic carbocycles. The van der Waals surface area contributed by atoms with E-state index in [1.165, 1.54) is 29.5 Å². The van der Waals surface area contributed by atoms with E-state index in [1.807, 2.05) is 12.1 Å². The molecule has 0 heterocycles. The van der Waals surface area contributed by atoms with Crippen LogP contribution in [0.4, 0.5) is 0 Å². The van der Waals surface area contributed by atoms with Gasteiger partial charge >= 0.3 is 0 Å². The zero-order chi connectivity index (χ0) is 14.8. The number of rotatable bonds is 5. The molecule has 1 nitrogen and oxygen atoms in total. The fraction of sp³-hybridized carbons (Fsp3) is 0.368. The van der Waals surface area contributed by atoms with Gasteiger partial charge in [0.1, 0.15) is 0 Å². The van der Waals surface area contributed by atoms with Crippen LogP contribution >= 0.6 is 11.6 Å². The third-order valence-electron chi connectivity index (χ3n) is 4.33. The summed E-state index contributed by atoms with van der Waals surface area (Å²) in [6.07, 6.45) is 2.64. The molecule has 2 heteroatoms. The summed E-state index contributed by atoms with van der Waals surface area (Å²) in [5.41, 5.74) is 4.00. The maximum Gasteiger partial charge on any atom is 0.0406 e. The fourth-order valence-electron chi connectivity index (χ4n) is 2.82. The van der Waals surface area contributed by atoms with Gasteiger partial charge in [-0.2, -0.15) is 0 Å². The van der Waals surface area contributed by atoms with Crippen LogP contribution in [0.2, 0.25) is 5.02 Å². The van der Waals surface area contributed by atoms with Crippen molar-refractivity contribution in [2.75, 3.05) is 0 Å². The van der Waals surface area contributed by atoms with Gasteiger partial charge in [0.05, 0.1) is 0 Å². The molecule has 0 bridgehead atoms. The largest absolute Gasteiger partial charge is 0.303 e. The molecule has 2 aromatic rings. The Labute approximate surface area is 132 Å². The molecule has 1 fully saturated rings. The standard InChI is InChI=1S/C19H22ClN/c1-13-3-5-15(6-4-13)14(2)21-19(16-7-8-16)17-9-11-18(20)12-10-17/h3-6,9-12,14,16,19,21H,7-8H2,1-2H3/t14-,19?/m1/s1. The summed E-state index contributed by atoms with van der Waals surface area (Å²) in [5.74, 6) is 0.763. The second-order valence-electron chi connectivity index (χ2n) is 6.17. The Kier molecular flexibility index (Phi) is 4.32. The van der Waals surface area contributed by atoms with E-state index >= 15 is 0 Å². The van der Waals surface area contributed by atoms with Crippen LogP contribution in [0.25, 0.3) is 0 Å². The molecule has 1 aliphatic rings. The van der Waals surface area contributed by atoms with Gasteiger partial charge in [-0.1, -0.05) is 53.6 Å². The van der Waals surface area contributed by atoms with Gasteiger partial charge < -0.3 is 5.32 Å². The summed E-state index contributed by atoms with van der Waals surface area (Å²) in [6.45, 7) is 4.37. The first-order valence-electron chi connectivity index (χ1n) is 7.71. The summed E-state index contributed by atoms with van der Waals surface area (Å²) in [7, 11) is 0. The Morgan fingerprint density at radius 3 is 2.10 bits per heavy atom. The molecule has 110 valence electrons. The summed E-state index contributed by atoms with van der Waals surface area (Å²) in [6, 6.07) is 17.9. The van der Waals surface area contributed by atoms with Crippen molar-refractivity contribution >= 4 is 11.6 Å². The zero-order valence-corrected chi connectivity index (χ0v) is 13.4. The summed E-state index contributed by atoms with van der Waals surface area (Å²) in [4.78, 5) is 0. The number of halogens is 1. The molecule has 0 radical (unpaired) electrons. The number of nitrogens with one attached hydrogen (secondary N) is 1. The SMILES string of the molecule is Cc1ccc([C@@H](C)NC(c2ccc(Cl)cc2)C2CC2)cc1. The third-order valence-corrected chi connectivity index (χ3v) is 4.58. The van der Waals surface area contributed by atoms with E-state index in [0.717, 1.165) is 10.9 Å². The molecule has 3 rings (SSSR count). The molecule has 1 unspecified atom stereocenters. The monoisotopic (exact) mass is 299 g/mol. The van der Waals surface area contributed by atoms with Gasteiger partial charge in [0, 0.05) is 17.1 Å². The Hall–Kier alpha value is -1.31. The average molecular weight is 300 g/mol. The Bertz CT molecular complexity index is 584. The first kappa shape index (κ1) is 14.6. The van der Waals surface area contributed by atoms with E-state index in [4.69, 9.17) is 11.6 Å². The Morgan fingerprint density at radius 2 is 1.52 bits per heavy atom. The van der Waals surface area contributed by atoms with Crippen LogP contribution in [0, 0.1) is 12.8 Å². The molecule has 0 aliphatic heterocycles. The molecule has 0 saturated heterocycles. The smallest absolute Gasteiger partial charge is 0.0406 e. The fourth-order valence-corrected chi connectivity index (χ4v) is 2.95. The van der Waals surface area contributed by atoms with Crippen molar-refractivity contribution in [3.8, 4) is 0 Å². The molecule has 0 spiro atoms. The van der Waals surface area contributed by atoms with Crippen LogP contribution in [0.1, 0.15) is 48.5 Å².